The Hall–Kier alpha value is -2.01. The predicted molar refractivity (Wildman–Crippen MR) is 279 cm³/mol. The van der Waals surface area contributed by atoms with E-state index in [0.29, 0.717) is 0 Å². The lowest BCUT2D eigenvalue weighted by molar-refractivity contribution is -0.282. The number of amides is 3. The van der Waals surface area contributed by atoms with Gasteiger partial charge in [-0.1, -0.05) is 20.8 Å². The third kappa shape index (κ3) is 18.5. The number of carbonyl (C=O) groups is 3. The third-order valence-corrected chi connectivity index (χ3v) is 18.7. The van der Waals surface area contributed by atoms with E-state index < -0.39 is 188 Å². The number of likely N-dealkylation sites (tertiary alicyclic amines) is 3. The zero-order valence-electron chi connectivity index (χ0n) is 46.9. The van der Waals surface area contributed by atoms with Crippen LogP contribution in [0.3, 0.4) is 0 Å². The normalized spacial score (nSPS) is 38.7. The van der Waals surface area contributed by atoms with E-state index in [0.717, 1.165) is 0 Å². The Bertz CT molecular complexity index is 2100. The highest BCUT2D eigenvalue weighted by molar-refractivity contribution is 7.52. The fourth-order valence-electron chi connectivity index (χ4n) is 11.4. The van der Waals surface area contributed by atoms with Gasteiger partial charge in [-0.05, 0) is 44.9 Å². The Kier molecular flexibility index (Phi) is 26.8. The zero-order chi connectivity index (χ0) is 60.2. The van der Waals surface area contributed by atoms with Crippen LogP contribution in [-0.2, 0) is 70.2 Å². The Morgan fingerprint density at radius 2 is 0.902 bits per heavy atom. The number of β-amino-alcohol motifs (C(OH)–C–C–N with tert-alkyl or cyclic N) is 1. The second-order valence-electron chi connectivity index (χ2n) is 22.4. The van der Waals surface area contributed by atoms with E-state index in [1.54, 1.807) is 20.8 Å². The van der Waals surface area contributed by atoms with Crippen LogP contribution in [0, 0.1) is 17.8 Å². The highest BCUT2D eigenvalue weighted by Crippen LogP contribution is 2.50. The van der Waals surface area contributed by atoms with Gasteiger partial charge in [-0.25, -0.2) is 4.57 Å². The summed E-state index contributed by atoms with van der Waals surface area (Å²) < 4.78 is 83.6. The SMILES string of the molecule is COC[C@@H]1C[C@@H](OP(=O)(O)CC[C@@H]2C[C@@H](OP(=O)(O)OC[C@@H]3C[C@@H](O)CN3C(=O)CCCO[C@@H]3OC(CO)[C@H](O)[C@H](O)C3C)CN2C(=O)CCCO[C@@H]2OC(CO)[C@H](O)[C@H](O)C2C)CN1C(=O)CCCO[C@@H]1OC(CO)[C@H](O)[C@H](O)C1C. The molecule has 0 bridgehead atoms. The van der Waals surface area contributed by atoms with Crippen molar-refractivity contribution in [1.29, 1.82) is 0 Å². The van der Waals surface area contributed by atoms with Crippen LogP contribution in [0.4, 0.5) is 0 Å². The molecule has 476 valence electrons. The molecule has 0 aromatic rings. The van der Waals surface area contributed by atoms with E-state index in [1.165, 1.54) is 21.8 Å². The minimum absolute atomic E-state index is 0.00146. The summed E-state index contributed by atoms with van der Waals surface area (Å²) in [6.45, 7) is 2.31. The molecule has 6 saturated heterocycles. The van der Waals surface area contributed by atoms with Gasteiger partial charge >= 0.3 is 15.4 Å². The molecule has 0 aromatic carbocycles. The van der Waals surface area contributed by atoms with Gasteiger partial charge in [-0.15, -0.1) is 0 Å². The number of hydrogen-bond donors (Lipinski definition) is 12. The maximum atomic E-state index is 13.9. The van der Waals surface area contributed by atoms with Gasteiger partial charge in [-0.2, -0.15) is 0 Å². The van der Waals surface area contributed by atoms with Gasteiger partial charge in [0.15, 0.2) is 18.9 Å². The summed E-state index contributed by atoms with van der Waals surface area (Å²) in [6.07, 6.45) is -17.0. The van der Waals surface area contributed by atoms with Crippen molar-refractivity contribution < 1.29 is 131 Å². The lowest BCUT2D eigenvalue weighted by Gasteiger charge is -2.40. The Balaban J connectivity index is 1.02. The Labute approximate surface area is 476 Å². The van der Waals surface area contributed by atoms with Crippen molar-refractivity contribution in [3.8, 4) is 0 Å². The fraction of sp³-hybridized carbons (Fsp3) is 0.940. The van der Waals surface area contributed by atoms with Crippen LogP contribution in [0.15, 0.2) is 0 Å². The summed E-state index contributed by atoms with van der Waals surface area (Å²) in [5.74, 6) is -3.16. The summed E-state index contributed by atoms with van der Waals surface area (Å²) in [5, 5.41) is 101. The van der Waals surface area contributed by atoms with Gasteiger partial charge < -0.3 is 113 Å². The van der Waals surface area contributed by atoms with Gasteiger partial charge in [0.1, 0.15) is 36.6 Å². The van der Waals surface area contributed by atoms with Crippen LogP contribution < -0.4 is 0 Å². The molecule has 6 rings (SSSR count). The van der Waals surface area contributed by atoms with E-state index >= 15 is 0 Å². The van der Waals surface area contributed by atoms with Crippen molar-refractivity contribution in [1.82, 2.24) is 14.7 Å². The zero-order valence-corrected chi connectivity index (χ0v) is 48.7. The van der Waals surface area contributed by atoms with E-state index in [-0.39, 0.29) is 116 Å². The van der Waals surface area contributed by atoms with Crippen LogP contribution in [0.5, 0.6) is 0 Å². The van der Waals surface area contributed by atoms with Crippen molar-refractivity contribution in [3.05, 3.63) is 0 Å². The van der Waals surface area contributed by atoms with Crippen LogP contribution in [-0.4, -0.2) is 289 Å². The molecule has 0 saturated carbocycles. The number of carbonyl (C=O) groups excluding carboxylic acids is 3. The molecule has 0 spiro atoms. The van der Waals surface area contributed by atoms with E-state index in [2.05, 4.69) is 0 Å². The average Bonchev–Trinajstić information content (AvgIpc) is 4.26. The minimum Gasteiger partial charge on any atom is -0.394 e. The number of phosphoric ester groups is 1. The van der Waals surface area contributed by atoms with E-state index in [1.807, 2.05) is 0 Å². The van der Waals surface area contributed by atoms with Gasteiger partial charge in [-0.3, -0.25) is 28.0 Å². The lowest BCUT2D eigenvalue weighted by atomic mass is 9.92. The van der Waals surface area contributed by atoms with Crippen molar-refractivity contribution in [2.24, 2.45) is 17.8 Å². The number of hydrogen-bond acceptors (Lipinski definition) is 25. The number of aliphatic hydroxyl groups is 10. The molecule has 3 amide bonds. The van der Waals surface area contributed by atoms with Gasteiger partial charge in [0, 0.05) is 69.8 Å². The second kappa shape index (κ2) is 31.8. The molecule has 6 aliphatic heterocycles. The lowest BCUT2D eigenvalue weighted by Crippen LogP contribution is -2.55. The Morgan fingerprint density at radius 3 is 1.32 bits per heavy atom. The number of rotatable bonds is 30. The second-order valence-corrected chi connectivity index (χ2v) is 25.7. The molecule has 6 fully saturated rings. The van der Waals surface area contributed by atoms with Gasteiger partial charge in [0.2, 0.25) is 17.7 Å². The van der Waals surface area contributed by atoms with Crippen LogP contribution in [0.25, 0.3) is 0 Å². The number of phosphoric acid groups is 1. The van der Waals surface area contributed by atoms with Crippen molar-refractivity contribution in [3.63, 3.8) is 0 Å². The first-order chi connectivity index (χ1) is 38.8. The van der Waals surface area contributed by atoms with Crippen molar-refractivity contribution in [2.75, 3.05) is 85.8 Å². The average molecular weight is 1230 g/mol. The molecular weight excluding hydrogens is 1140 g/mol. The molecule has 0 radical (unpaired) electrons. The maximum absolute atomic E-state index is 13.9. The summed E-state index contributed by atoms with van der Waals surface area (Å²) in [6, 6.07) is -2.18. The van der Waals surface area contributed by atoms with Crippen molar-refractivity contribution in [2.45, 2.75) is 195 Å². The largest absolute Gasteiger partial charge is 0.472 e. The van der Waals surface area contributed by atoms with Gasteiger partial charge in [0.05, 0.1) is 108 Å². The van der Waals surface area contributed by atoms with Crippen LogP contribution >= 0.6 is 15.4 Å². The van der Waals surface area contributed by atoms with E-state index in [4.69, 9.17) is 46.7 Å². The molecule has 0 aliphatic carbocycles. The standard InChI is InChI=1S/C50H89N3O27P2/c1-27-42(61)45(64)36(22-54)76-48(27)72-12-5-8-39(58)51-19-33(57)16-31(51)26-75-82(69,70)80-35-17-30(52(21-35)40(59)9-6-13-73-49-28(2)43(62)46(65)37(23-55)77-49)11-15-81(67,68)79-34-18-32(25-71-4)53(20-34)41(60)10-7-14-74-50-29(3)44(63)47(66)38(24-56)78-50/h27-38,42-50,54-57,61-66H,5-26H2,1-4H3,(H,67,68)(H,69,70)/t27?,28?,29?,30-,31+,32+,33-,34-,35-,36?,37?,38?,42-,43-,44-,45+,46+,47+,48-,49-,50-/m1/s1. The Morgan fingerprint density at radius 1 is 0.524 bits per heavy atom. The maximum Gasteiger partial charge on any atom is 0.472 e. The molecule has 32 heteroatoms. The molecule has 30 nitrogen and oxygen atoms in total. The molecule has 0 aromatic heterocycles. The summed E-state index contributed by atoms with van der Waals surface area (Å²) >= 11 is 0. The first kappa shape index (κ1) is 69.1. The minimum atomic E-state index is -4.96. The van der Waals surface area contributed by atoms with Crippen LogP contribution in [0.1, 0.15) is 85.0 Å². The van der Waals surface area contributed by atoms with Gasteiger partial charge in [0.25, 0.3) is 0 Å². The number of ether oxygens (including phenoxy) is 7. The molecular formula is C50H89N3O27P2. The molecule has 23 atom stereocenters. The fourth-order valence-corrected chi connectivity index (χ4v) is 13.7. The molecule has 6 aliphatic rings. The van der Waals surface area contributed by atoms with Crippen molar-refractivity contribution >= 4 is 33.1 Å². The summed E-state index contributed by atoms with van der Waals surface area (Å²) in [7, 11) is -7.98. The highest BCUT2D eigenvalue weighted by Gasteiger charge is 2.47. The first-order valence-electron chi connectivity index (χ1n) is 28.3. The molecule has 8 unspecified atom stereocenters. The molecule has 12 N–H and O–H groups in total. The number of nitrogens with zero attached hydrogens (tertiary/aromatic N) is 3. The monoisotopic (exact) mass is 1230 g/mol. The smallest absolute Gasteiger partial charge is 0.394 e. The predicted octanol–water partition coefficient (Wildman–Crippen LogP) is -3.12. The topological polar surface area (TPSA) is 430 Å². The summed E-state index contributed by atoms with van der Waals surface area (Å²) in [5.41, 5.74) is 0. The number of aliphatic hydroxyl groups excluding tert-OH is 10. The number of methoxy groups -OCH3 is 1. The highest BCUT2D eigenvalue weighted by atomic mass is 31.2. The molecule has 82 heavy (non-hydrogen) atoms. The molecule has 6 heterocycles. The van der Waals surface area contributed by atoms with Crippen LogP contribution in [0.2, 0.25) is 0 Å². The summed E-state index contributed by atoms with van der Waals surface area (Å²) in [4.78, 5) is 67.3. The van der Waals surface area contributed by atoms with E-state index in [9.17, 15) is 84.4 Å². The third-order valence-electron chi connectivity index (χ3n) is 16.2. The first-order valence-corrected chi connectivity index (χ1v) is 31.5. The quantitative estimate of drug-likeness (QED) is 0.0250.